The summed E-state index contributed by atoms with van der Waals surface area (Å²) in [5, 5.41) is 0. The van der Waals surface area contributed by atoms with E-state index in [-0.39, 0.29) is 30.3 Å². The zero-order valence-corrected chi connectivity index (χ0v) is 14.0. The van der Waals surface area contributed by atoms with Crippen LogP contribution in [0.2, 0.25) is 0 Å². The van der Waals surface area contributed by atoms with Gasteiger partial charge in [-0.15, -0.1) is 12.4 Å². The quantitative estimate of drug-likeness (QED) is 0.794. The molecule has 0 radical (unpaired) electrons. The summed E-state index contributed by atoms with van der Waals surface area (Å²) < 4.78 is 5.14. The fourth-order valence-corrected chi connectivity index (χ4v) is 2.48. The minimum atomic E-state index is -0.372. The van der Waals surface area contributed by atoms with Gasteiger partial charge in [0.25, 0.3) is 0 Å². The van der Waals surface area contributed by atoms with Crippen LogP contribution in [0.15, 0.2) is 0 Å². The Bertz CT molecular complexity index is 290. The first-order valence-corrected chi connectivity index (χ1v) is 7.28. The summed E-state index contributed by atoms with van der Waals surface area (Å²) in [6, 6.07) is 0.0512. The van der Waals surface area contributed by atoms with E-state index in [2.05, 4.69) is 11.8 Å². The van der Waals surface area contributed by atoms with Crippen LogP contribution in [-0.2, 0) is 9.53 Å². The van der Waals surface area contributed by atoms with Gasteiger partial charge >= 0.3 is 0 Å². The van der Waals surface area contributed by atoms with Gasteiger partial charge in [0.2, 0.25) is 5.91 Å². The summed E-state index contributed by atoms with van der Waals surface area (Å²) in [5.41, 5.74) is 5.97. The van der Waals surface area contributed by atoms with Crippen molar-refractivity contribution in [3.8, 4) is 0 Å². The molecule has 1 unspecified atom stereocenters. The number of amides is 1. The van der Waals surface area contributed by atoms with Crippen LogP contribution >= 0.6 is 12.4 Å². The molecule has 1 rings (SSSR count). The number of carbonyl (C=O) groups excluding carboxylic acids is 1. The molecule has 1 saturated heterocycles. The Morgan fingerprint density at radius 2 is 2.05 bits per heavy atom. The van der Waals surface area contributed by atoms with Crippen LogP contribution in [0.1, 0.15) is 27.2 Å². The average Bonchev–Trinajstić information content (AvgIpc) is 2.43. The maximum absolute atomic E-state index is 12.3. The van der Waals surface area contributed by atoms with Crippen LogP contribution in [0.4, 0.5) is 0 Å². The van der Waals surface area contributed by atoms with E-state index in [1.807, 2.05) is 18.7 Å². The van der Waals surface area contributed by atoms with E-state index in [4.69, 9.17) is 10.5 Å². The van der Waals surface area contributed by atoms with Crippen molar-refractivity contribution in [1.82, 2.24) is 9.80 Å². The van der Waals surface area contributed by atoms with E-state index in [1.165, 1.54) is 0 Å². The maximum Gasteiger partial charge on any atom is 0.239 e. The van der Waals surface area contributed by atoms with Gasteiger partial charge in [0, 0.05) is 39.3 Å². The molecule has 0 aliphatic carbocycles. The van der Waals surface area contributed by atoms with Crippen LogP contribution in [-0.4, -0.2) is 67.7 Å². The van der Waals surface area contributed by atoms with Gasteiger partial charge in [0.15, 0.2) is 0 Å². The highest BCUT2D eigenvalue weighted by atomic mass is 35.5. The monoisotopic (exact) mass is 307 g/mol. The van der Waals surface area contributed by atoms with Crippen LogP contribution in [0, 0.1) is 5.92 Å². The lowest BCUT2D eigenvalue weighted by Gasteiger charge is -2.42. The molecule has 5 nitrogen and oxygen atoms in total. The predicted octanol–water partition coefficient (Wildman–Crippen LogP) is 0.961. The highest BCUT2D eigenvalue weighted by Crippen LogP contribution is 2.14. The third kappa shape index (κ3) is 5.20. The molecular weight excluding hydrogens is 278 g/mol. The van der Waals surface area contributed by atoms with E-state index in [0.717, 1.165) is 39.2 Å². The van der Waals surface area contributed by atoms with Crippen LogP contribution < -0.4 is 5.73 Å². The summed E-state index contributed by atoms with van der Waals surface area (Å²) in [7, 11) is 1.72. The van der Waals surface area contributed by atoms with Crippen LogP contribution in [0.3, 0.4) is 0 Å². The molecular formula is C14H30ClN3O2. The van der Waals surface area contributed by atoms with Crippen molar-refractivity contribution in [2.45, 2.75) is 39.3 Å². The molecule has 1 aliphatic rings. The molecule has 1 heterocycles. The molecule has 2 N–H and O–H groups in total. The molecule has 2 atom stereocenters. The number of piperazine rings is 1. The van der Waals surface area contributed by atoms with Crippen molar-refractivity contribution < 1.29 is 9.53 Å². The number of methoxy groups -OCH3 is 1. The molecule has 0 aromatic carbocycles. The number of nitrogens with two attached hydrogens (primary N) is 1. The molecule has 0 aromatic rings. The van der Waals surface area contributed by atoms with Gasteiger partial charge in [-0.2, -0.15) is 0 Å². The first kappa shape index (κ1) is 19.6. The van der Waals surface area contributed by atoms with Crippen molar-refractivity contribution in [3.05, 3.63) is 0 Å². The molecule has 0 bridgehead atoms. The first-order chi connectivity index (χ1) is 9.01. The molecule has 6 heteroatoms. The fourth-order valence-electron chi connectivity index (χ4n) is 2.48. The Kier molecular flexibility index (Phi) is 9.38. The van der Waals surface area contributed by atoms with E-state index < -0.39 is 0 Å². The van der Waals surface area contributed by atoms with Gasteiger partial charge in [-0.25, -0.2) is 0 Å². The largest absolute Gasteiger partial charge is 0.383 e. The fraction of sp³-hybridized carbons (Fsp3) is 0.929. The number of nitrogens with zero attached hydrogens (tertiary/aromatic N) is 2. The second-order valence-electron chi connectivity index (χ2n) is 5.64. The molecule has 0 saturated carbocycles. The van der Waals surface area contributed by atoms with Crippen molar-refractivity contribution in [2.24, 2.45) is 11.7 Å². The highest BCUT2D eigenvalue weighted by molar-refractivity contribution is 5.85. The van der Waals surface area contributed by atoms with Crippen molar-refractivity contribution in [1.29, 1.82) is 0 Å². The standard InChI is InChI=1S/C14H29N3O2.ClH/c1-5-12-10-17(14(18)13(15)11(2)3)7-6-16(12)8-9-19-4;/h11-13H,5-10,15H2,1-4H3;1H/t12?,13-;/m0./s1. The predicted molar refractivity (Wildman–Crippen MR) is 84.2 cm³/mol. The van der Waals surface area contributed by atoms with Crippen molar-refractivity contribution >= 4 is 18.3 Å². The molecule has 1 amide bonds. The summed E-state index contributed by atoms with van der Waals surface area (Å²) in [6.45, 7) is 10.3. The summed E-state index contributed by atoms with van der Waals surface area (Å²) in [4.78, 5) is 16.6. The topological polar surface area (TPSA) is 58.8 Å². The van der Waals surface area contributed by atoms with Gasteiger partial charge in [0.05, 0.1) is 12.6 Å². The Balaban J connectivity index is 0.00000361. The van der Waals surface area contributed by atoms with E-state index in [0.29, 0.717) is 6.04 Å². The smallest absolute Gasteiger partial charge is 0.239 e. The number of carbonyl (C=O) groups is 1. The summed E-state index contributed by atoms with van der Waals surface area (Å²) >= 11 is 0. The third-order valence-electron chi connectivity index (χ3n) is 3.97. The molecule has 1 fully saturated rings. The van der Waals surface area contributed by atoms with Crippen molar-refractivity contribution in [2.75, 3.05) is 39.9 Å². The number of ether oxygens (including phenoxy) is 1. The molecule has 0 spiro atoms. The Morgan fingerprint density at radius 1 is 1.40 bits per heavy atom. The Hall–Kier alpha value is -0.360. The number of halogens is 1. The van der Waals surface area contributed by atoms with E-state index in [1.54, 1.807) is 7.11 Å². The second kappa shape index (κ2) is 9.55. The van der Waals surface area contributed by atoms with Crippen LogP contribution in [0.25, 0.3) is 0 Å². The summed E-state index contributed by atoms with van der Waals surface area (Å²) in [6.07, 6.45) is 1.05. The minimum Gasteiger partial charge on any atom is -0.383 e. The lowest BCUT2D eigenvalue weighted by Crippen LogP contribution is -2.58. The van der Waals surface area contributed by atoms with Crippen LogP contribution in [0.5, 0.6) is 0 Å². The summed E-state index contributed by atoms with van der Waals surface area (Å²) in [5.74, 6) is 0.291. The zero-order chi connectivity index (χ0) is 14.4. The number of hydrogen-bond acceptors (Lipinski definition) is 4. The highest BCUT2D eigenvalue weighted by Gasteiger charge is 2.31. The van der Waals surface area contributed by atoms with Gasteiger partial charge in [0.1, 0.15) is 0 Å². The van der Waals surface area contributed by atoms with Gasteiger partial charge < -0.3 is 15.4 Å². The molecule has 20 heavy (non-hydrogen) atoms. The molecule has 1 aliphatic heterocycles. The SMILES string of the molecule is CCC1CN(C(=O)[C@@H](N)C(C)C)CCN1CCOC.Cl. The maximum atomic E-state index is 12.3. The lowest BCUT2D eigenvalue weighted by atomic mass is 10.0. The van der Waals surface area contributed by atoms with Gasteiger partial charge in [-0.3, -0.25) is 9.69 Å². The van der Waals surface area contributed by atoms with Crippen molar-refractivity contribution in [3.63, 3.8) is 0 Å². The van der Waals surface area contributed by atoms with E-state index in [9.17, 15) is 4.79 Å². The second-order valence-corrected chi connectivity index (χ2v) is 5.64. The zero-order valence-electron chi connectivity index (χ0n) is 13.2. The molecule has 120 valence electrons. The third-order valence-corrected chi connectivity index (χ3v) is 3.97. The minimum absolute atomic E-state index is 0. The Labute approximate surface area is 129 Å². The van der Waals surface area contributed by atoms with Gasteiger partial charge in [-0.1, -0.05) is 20.8 Å². The average molecular weight is 308 g/mol. The van der Waals surface area contributed by atoms with Gasteiger partial charge in [-0.05, 0) is 12.3 Å². The Morgan fingerprint density at radius 3 is 2.55 bits per heavy atom. The van der Waals surface area contributed by atoms with E-state index >= 15 is 0 Å². The number of hydrogen-bond donors (Lipinski definition) is 1. The normalized spacial score (nSPS) is 21.7. The number of rotatable bonds is 6. The lowest BCUT2D eigenvalue weighted by molar-refractivity contribution is -0.136. The molecule has 0 aromatic heterocycles. The first-order valence-electron chi connectivity index (χ1n) is 7.28.